The number of rotatable bonds is 6. The molecule has 1 aromatic rings. The van der Waals surface area contributed by atoms with Crippen LogP contribution < -0.4 is 5.32 Å². The zero-order chi connectivity index (χ0) is 17.5. The zero-order valence-electron chi connectivity index (χ0n) is 15.8. The lowest BCUT2D eigenvalue weighted by molar-refractivity contribution is -0.133. The summed E-state index contributed by atoms with van der Waals surface area (Å²) in [4.78, 5) is 14.8. The van der Waals surface area contributed by atoms with E-state index < -0.39 is 0 Å². The normalized spacial score (nSPS) is 25.1. The Kier molecular flexibility index (Phi) is 6.92. The van der Waals surface area contributed by atoms with Gasteiger partial charge in [-0.25, -0.2) is 0 Å². The zero-order valence-corrected chi connectivity index (χ0v) is 15.8. The minimum absolute atomic E-state index is 0.412. The largest absolute Gasteiger partial charge is 0.343 e. The van der Waals surface area contributed by atoms with Crippen LogP contribution >= 0.6 is 0 Å². The third kappa shape index (κ3) is 5.31. The van der Waals surface area contributed by atoms with Crippen LogP contribution in [0.5, 0.6) is 0 Å². The molecule has 1 saturated heterocycles. The minimum Gasteiger partial charge on any atom is -0.343 e. The first-order valence-electron chi connectivity index (χ1n) is 10.2. The van der Waals surface area contributed by atoms with Gasteiger partial charge in [0.05, 0.1) is 0 Å². The summed E-state index contributed by atoms with van der Waals surface area (Å²) < 4.78 is 0. The molecular weight excluding hydrogens is 308 g/mol. The first-order valence-corrected chi connectivity index (χ1v) is 10.2. The standard InChI is InChI=1S/C22H34N2O/c1-23-14-11-18-12-15-24(16-13-18)22(25)17-19-7-9-21(10-8-19)20-5-3-2-4-6-20/h2-6,18-19,21,23H,7-17H2,1H3. The number of carbonyl (C=O) groups excluding carboxylic acids is 1. The predicted octanol–water partition coefficient (Wildman–Crippen LogP) is 4.20. The molecule has 1 saturated carbocycles. The van der Waals surface area contributed by atoms with Gasteiger partial charge in [-0.2, -0.15) is 0 Å². The molecule has 1 aromatic carbocycles. The second kappa shape index (κ2) is 9.38. The van der Waals surface area contributed by atoms with Crippen LogP contribution in [-0.4, -0.2) is 37.5 Å². The molecule has 0 radical (unpaired) electrons. The highest BCUT2D eigenvalue weighted by molar-refractivity contribution is 5.76. The molecule has 1 N–H and O–H groups in total. The van der Waals surface area contributed by atoms with Gasteiger partial charge in [-0.1, -0.05) is 30.3 Å². The van der Waals surface area contributed by atoms with E-state index in [1.165, 1.54) is 50.5 Å². The van der Waals surface area contributed by atoms with Crippen molar-refractivity contribution in [3.05, 3.63) is 35.9 Å². The summed E-state index contributed by atoms with van der Waals surface area (Å²) in [6.45, 7) is 3.06. The van der Waals surface area contributed by atoms with Crippen molar-refractivity contribution in [2.45, 2.75) is 57.3 Å². The number of carbonyl (C=O) groups is 1. The molecule has 25 heavy (non-hydrogen) atoms. The maximum atomic E-state index is 12.7. The maximum Gasteiger partial charge on any atom is 0.222 e. The molecule has 1 amide bonds. The van der Waals surface area contributed by atoms with Crippen LogP contribution in [0.2, 0.25) is 0 Å². The van der Waals surface area contributed by atoms with Gasteiger partial charge >= 0.3 is 0 Å². The highest BCUT2D eigenvalue weighted by atomic mass is 16.2. The van der Waals surface area contributed by atoms with Crippen LogP contribution in [-0.2, 0) is 4.79 Å². The van der Waals surface area contributed by atoms with Gasteiger partial charge in [-0.05, 0) is 81.9 Å². The SMILES string of the molecule is CNCCC1CCN(C(=O)CC2CCC(c3ccccc3)CC2)CC1. The van der Waals surface area contributed by atoms with E-state index >= 15 is 0 Å². The Morgan fingerprint density at radius 3 is 2.32 bits per heavy atom. The van der Waals surface area contributed by atoms with Crippen LogP contribution in [0.1, 0.15) is 62.8 Å². The second-order valence-corrected chi connectivity index (χ2v) is 8.05. The molecule has 3 heteroatoms. The van der Waals surface area contributed by atoms with Crippen LogP contribution in [0, 0.1) is 11.8 Å². The molecule has 2 aliphatic rings. The van der Waals surface area contributed by atoms with Crippen molar-refractivity contribution < 1.29 is 4.79 Å². The van der Waals surface area contributed by atoms with Gasteiger partial charge < -0.3 is 10.2 Å². The summed E-state index contributed by atoms with van der Waals surface area (Å²) >= 11 is 0. The van der Waals surface area contributed by atoms with Crippen molar-refractivity contribution in [3.8, 4) is 0 Å². The monoisotopic (exact) mass is 342 g/mol. The van der Waals surface area contributed by atoms with Crippen LogP contribution in [0.15, 0.2) is 30.3 Å². The second-order valence-electron chi connectivity index (χ2n) is 8.05. The molecule has 138 valence electrons. The summed E-state index contributed by atoms with van der Waals surface area (Å²) in [5.74, 6) is 2.53. The maximum absolute atomic E-state index is 12.7. The summed E-state index contributed by atoms with van der Waals surface area (Å²) in [6, 6.07) is 10.9. The Hall–Kier alpha value is -1.35. The third-order valence-electron chi connectivity index (χ3n) is 6.35. The van der Waals surface area contributed by atoms with Crippen LogP contribution in [0.4, 0.5) is 0 Å². The van der Waals surface area contributed by atoms with Gasteiger partial charge in [0.15, 0.2) is 0 Å². The highest BCUT2D eigenvalue weighted by Crippen LogP contribution is 2.37. The fraction of sp³-hybridized carbons (Fsp3) is 0.682. The van der Waals surface area contributed by atoms with E-state index in [0.717, 1.165) is 32.0 Å². The van der Waals surface area contributed by atoms with E-state index in [4.69, 9.17) is 0 Å². The van der Waals surface area contributed by atoms with Gasteiger partial charge in [0.1, 0.15) is 0 Å². The Balaban J connectivity index is 1.38. The van der Waals surface area contributed by atoms with Crippen molar-refractivity contribution in [2.24, 2.45) is 11.8 Å². The number of hydrogen-bond donors (Lipinski definition) is 1. The van der Waals surface area contributed by atoms with Crippen LogP contribution in [0.25, 0.3) is 0 Å². The van der Waals surface area contributed by atoms with E-state index in [1.807, 2.05) is 7.05 Å². The van der Waals surface area contributed by atoms with E-state index in [-0.39, 0.29) is 0 Å². The van der Waals surface area contributed by atoms with Gasteiger partial charge in [0.25, 0.3) is 0 Å². The highest BCUT2D eigenvalue weighted by Gasteiger charge is 2.27. The van der Waals surface area contributed by atoms with E-state index in [0.29, 0.717) is 17.7 Å². The van der Waals surface area contributed by atoms with Crippen molar-refractivity contribution in [1.29, 1.82) is 0 Å². The minimum atomic E-state index is 0.412. The number of nitrogens with one attached hydrogen (secondary N) is 1. The predicted molar refractivity (Wildman–Crippen MR) is 104 cm³/mol. The molecular formula is C22H34N2O. The lowest BCUT2D eigenvalue weighted by Crippen LogP contribution is -2.39. The molecule has 0 bridgehead atoms. The number of benzene rings is 1. The first kappa shape index (κ1) is 18.4. The number of piperidine rings is 1. The fourth-order valence-corrected chi connectivity index (χ4v) is 4.62. The Labute approximate surface area is 153 Å². The summed E-state index contributed by atoms with van der Waals surface area (Å²) in [6.07, 6.45) is 9.32. The van der Waals surface area contributed by atoms with Gasteiger partial charge in [-0.15, -0.1) is 0 Å². The molecule has 2 fully saturated rings. The summed E-state index contributed by atoms with van der Waals surface area (Å²) in [5, 5.41) is 3.24. The van der Waals surface area contributed by atoms with Crippen molar-refractivity contribution in [1.82, 2.24) is 10.2 Å². The van der Waals surface area contributed by atoms with Crippen molar-refractivity contribution >= 4 is 5.91 Å². The summed E-state index contributed by atoms with van der Waals surface area (Å²) in [5.41, 5.74) is 1.48. The average Bonchev–Trinajstić information content (AvgIpc) is 2.68. The van der Waals surface area contributed by atoms with Gasteiger partial charge in [0.2, 0.25) is 5.91 Å². The molecule has 1 aliphatic heterocycles. The van der Waals surface area contributed by atoms with Crippen LogP contribution in [0.3, 0.4) is 0 Å². The molecule has 1 aliphatic carbocycles. The van der Waals surface area contributed by atoms with E-state index in [9.17, 15) is 4.79 Å². The quantitative estimate of drug-likeness (QED) is 0.840. The van der Waals surface area contributed by atoms with Gasteiger partial charge in [0, 0.05) is 19.5 Å². The molecule has 0 unspecified atom stereocenters. The average molecular weight is 343 g/mol. The van der Waals surface area contributed by atoms with Crippen molar-refractivity contribution in [3.63, 3.8) is 0 Å². The molecule has 3 nitrogen and oxygen atoms in total. The van der Waals surface area contributed by atoms with E-state index in [2.05, 4.69) is 40.5 Å². The first-order chi connectivity index (χ1) is 12.3. The Bertz CT molecular complexity index is 514. The summed E-state index contributed by atoms with van der Waals surface area (Å²) in [7, 11) is 2.02. The lowest BCUT2D eigenvalue weighted by atomic mass is 9.77. The lowest BCUT2D eigenvalue weighted by Gasteiger charge is -2.34. The van der Waals surface area contributed by atoms with E-state index in [1.54, 1.807) is 0 Å². The molecule has 0 spiro atoms. The number of likely N-dealkylation sites (tertiary alicyclic amines) is 1. The molecule has 3 rings (SSSR count). The number of amides is 1. The molecule has 0 atom stereocenters. The van der Waals surface area contributed by atoms with Gasteiger partial charge in [-0.3, -0.25) is 4.79 Å². The topological polar surface area (TPSA) is 32.3 Å². The molecule has 1 heterocycles. The number of nitrogens with zero attached hydrogens (tertiary/aromatic N) is 1. The smallest absolute Gasteiger partial charge is 0.222 e. The number of hydrogen-bond acceptors (Lipinski definition) is 2. The third-order valence-corrected chi connectivity index (χ3v) is 6.35. The van der Waals surface area contributed by atoms with Crippen molar-refractivity contribution in [2.75, 3.05) is 26.7 Å². The fourth-order valence-electron chi connectivity index (χ4n) is 4.62. The molecule has 0 aromatic heterocycles. The Morgan fingerprint density at radius 1 is 1.00 bits per heavy atom. The Morgan fingerprint density at radius 2 is 1.68 bits per heavy atom.